The van der Waals surface area contributed by atoms with Gasteiger partial charge in [-0.2, -0.15) is 0 Å². The number of nitrogens with zero attached hydrogens (tertiary/aromatic N) is 1. The van der Waals surface area contributed by atoms with Gasteiger partial charge < -0.3 is 15.0 Å². The minimum Gasteiger partial charge on any atom is -0.497 e. The van der Waals surface area contributed by atoms with Gasteiger partial charge >= 0.3 is 0 Å². The molecule has 168 valence electrons. The third-order valence-corrected chi connectivity index (χ3v) is 5.94. The number of hydrogen-bond acceptors (Lipinski definition) is 4. The van der Waals surface area contributed by atoms with Crippen molar-refractivity contribution in [3.05, 3.63) is 59.7 Å². The molecule has 1 unspecified atom stereocenters. The second kappa shape index (κ2) is 12.4. The molecule has 2 rings (SSSR count). The minimum absolute atomic E-state index is 0.0556. The van der Waals surface area contributed by atoms with Crippen molar-refractivity contribution < 1.29 is 14.3 Å². The highest BCUT2D eigenvalue weighted by atomic mass is 32.2. The van der Waals surface area contributed by atoms with Gasteiger partial charge in [0.15, 0.2) is 0 Å². The molecule has 5 nitrogen and oxygen atoms in total. The van der Waals surface area contributed by atoms with Crippen molar-refractivity contribution in [3.63, 3.8) is 0 Å². The molecule has 0 spiro atoms. The first-order valence-electron chi connectivity index (χ1n) is 10.7. The highest BCUT2D eigenvalue weighted by molar-refractivity contribution is 8.00. The van der Waals surface area contributed by atoms with Crippen LogP contribution in [0.15, 0.2) is 53.4 Å². The van der Waals surface area contributed by atoms with Gasteiger partial charge in [-0.15, -0.1) is 11.8 Å². The van der Waals surface area contributed by atoms with E-state index in [0.717, 1.165) is 16.2 Å². The summed E-state index contributed by atoms with van der Waals surface area (Å²) in [6.45, 7) is 9.04. The average Bonchev–Trinajstić information content (AvgIpc) is 2.77. The van der Waals surface area contributed by atoms with Crippen LogP contribution in [0, 0.1) is 12.8 Å². The first-order chi connectivity index (χ1) is 14.8. The van der Waals surface area contributed by atoms with E-state index >= 15 is 0 Å². The number of thioether (sulfide) groups is 1. The molecule has 0 radical (unpaired) electrons. The largest absolute Gasteiger partial charge is 0.497 e. The lowest BCUT2D eigenvalue weighted by molar-refractivity contribution is -0.139. The molecule has 1 N–H and O–H groups in total. The monoisotopic (exact) mass is 442 g/mol. The third kappa shape index (κ3) is 7.94. The summed E-state index contributed by atoms with van der Waals surface area (Å²) in [4.78, 5) is 28.9. The van der Waals surface area contributed by atoms with Gasteiger partial charge in [-0.25, -0.2) is 0 Å². The normalized spacial score (nSPS) is 11.8. The van der Waals surface area contributed by atoms with Crippen LogP contribution in [0.25, 0.3) is 0 Å². The van der Waals surface area contributed by atoms with Crippen molar-refractivity contribution in [1.82, 2.24) is 10.2 Å². The third-order valence-electron chi connectivity index (χ3n) is 4.94. The number of rotatable bonds is 11. The average molecular weight is 443 g/mol. The molecule has 0 saturated carbocycles. The highest BCUT2D eigenvalue weighted by Gasteiger charge is 2.28. The summed E-state index contributed by atoms with van der Waals surface area (Å²) in [7, 11) is 1.62. The molecule has 0 heterocycles. The van der Waals surface area contributed by atoms with Crippen molar-refractivity contribution in [1.29, 1.82) is 0 Å². The van der Waals surface area contributed by atoms with E-state index in [0.29, 0.717) is 25.4 Å². The number of benzene rings is 2. The number of amides is 2. The van der Waals surface area contributed by atoms with Gasteiger partial charge in [-0.3, -0.25) is 9.59 Å². The van der Waals surface area contributed by atoms with Gasteiger partial charge in [0.05, 0.1) is 12.9 Å². The Balaban J connectivity index is 2.20. The number of aryl methyl sites for hydroxylation is 1. The maximum Gasteiger partial charge on any atom is 0.242 e. The van der Waals surface area contributed by atoms with Crippen LogP contribution in [-0.2, 0) is 16.1 Å². The Kier molecular flexibility index (Phi) is 9.92. The molecule has 0 bridgehead atoms. The molecular formula is C25H34N2O3S. The fourth-order valence-electron chi connectivity index (χ4n) is 3.17. The summed E-state index contributed by atoms with van der Waals surface area (Å²) in [6.07, 6.45) is 0.550. The first kappa shape index (κ1) is 24.8. The van der Waals surface area contributed by atoms with Crippen molar-refractivity contribution in [3.8, 4) is 5.75 Å². The highest BCUT2D eigenvalue weighted by Crippen LogP contribution is 2.22. The summed E-state index contributed by atoms with van der Waals surface area (Å²) in [5.74, 6) is 1.20. The SMILES string of the molecule is CCC(C(=O)NCC(C)C)N(Cc1cccc(OC)c1)C(=O)CSc1ccc(C)cc1. The smallest absolute Gasteiger partial charge is 0.242 e. The number of nitrogens with one attached hydrogen (secondary N) is 1. The van der Waals surface area contributed by atoms with E-state index in [1.165, 1.54) is 17.3 Å². The van der Waals surface area contributed by atoms with Crippen LogP contribution < -0.4 is 10.1 Å². The lowest BCUT2D eigenvalue weighted by atomic mass is 10.1. The lowest BCUT2D eigenvalue weighted by Gasteiger charge is -2.31. The van der Waals surface area contributed by atoms with Gasteiger partial charge in [-0.1, -0.05) is 50.6 Å². The Hall–Kier alpha value is -2.47. The molecular weight excluding hydrogens is 408 g/mol. The summed E-state index contributed by atoms with van der Waals surface area (Å²) >= 11 is 1.49. The fourth-order valence-corrected chi connectivity index (χ4v) is 3.96. The van der Waals surface area contributed by atoms with E-state index in [1.807, 2.05) is 62.4 Å². The molecule has 0 aliphatic rings. The van der Waals surface area contributed by atoms with Gasteiger partial charge in [0.2, 0.25) is 11.8 Å². The zero-order valence-corrected chi connectivity index (χ0v) is 20.0. The Morgan fingerprint density at radius 2 is 1.84 bits per heavy atom. The van der Waals surface area contributed by atoms with Gasteiger partial charge in [0.25, 0.3) is 0 Å². The minimum atomic E-state index is -0.518. The summed E-state index contributed by atoms with van der Waals surface area (Å²) in [6, 6.07) is 15.2. The van der Waals surface area contributed by atoms with Crippen molar-refractivity contribution in [2.75, 3.05) is 19.4 Å². The molecule has 6 heteroatoms. The number of methoxy groups -OCH3 is 1. The predicted octanol–water partition coefficient (Wildman–Crippen LogP) is 4.68. The molecule has 0 saturated heterocycles. The van der Waals surface area contributed by atoms with Crippen LogP contribution in [0.2, 0.25) is 0 Å². The zero-order chi connectivity index (χ0) is 22.8. The summed E-state index contributed by atoms with van der Waals surface area (Å²) in [5, 5.41) is 2.99. The molecule has 0 aliphatic carbocycles. The van der Waals surface area contributed by atoms with Crippen LogP contribution in [0.3, 0.4) is 0 Å². The first-order valence-corrected chi connectivity index (χ1v) is 11.7. The van der Waals surface area contributed by atoms with Crippen LogP contribution in [-0.4, -0.2) is 42.2 Å². The van der Waals surface area contributed by atoms with E-state index < -0.39 is 6.04 Å². The van der Waals surface area contributed by atoms with Gasteiger partial charge in [0, 0.05) is 18.0 Å². The molecule has 2 amide bonds. The number of carbonyl (C=O) groups excluding carboxylic acids is 2. The Bertz CT molecular complexity index is 852. The van der Waals surface area contributed by atoms with Crippen LogP contribution in [0.5, 0.6) is 5.75 Å². The van der Waals surface area contributed by atoms with Crippen LogP contribution in [0.1, 0.15) is 38.3 Å². The molecule has 2 aromatic rings. The summed E-state index contributed by atoms with van der Waals surface area (Å²) in [5.41, 5.74) is 2.12. The lowest BCUT2D eigenvalue weighted by Crippen LogP contribution is -2.50. The number of ether oxygens (including phenoxy) is 1. The number of carbonyl (C=O) groups is 2. The van der Waals surface area contributed by atoms with Gasteiger partial charge in [0.1, 0.15) is 11.8 Å². The van der Waals surface area contributed by atoms with E-state index in [1.54, 1.807) is 12.0 Å². The Morgan fingerprint density at radius 1 is 1.13 bits per heavy atom. The number of hydrogen-bond donors (Lipinski definition) is 1. The maximum absolute atomic E-state index is 13.3. The van der Waals surface area contributed by atoms with E-state index in [2.05, 4.69) is 19.2 Å². The molecule has 31 heavy (non-hydrogen) atoms. The van der Waals surface area contributed by atoms with E-state index in [-0.39, 0.29) is 17.6 Å². The summed E-state index contributed by atoms with van der Waals surface area (Å²) < 4.78 is 5.32. The maximum atomic E-state index is 13.3. The van der Waals surface area contributed by atoms with Crippen molar-refractivity contribution >= 4 is 23.6 Å². The second-order valence-corrected chi connectivity index (χ2v) is 9.09. The Morgan fingerprint density at radius 3 is 2.45 bits per heavy atom. The quantitative estimate of drug-likeness (QED) is 0.514. The van der Waals surface area contributed by atoms with E-state index in [9.17, 15) is 9.59 Å². The fraction of sp³-hybridized carbons (Fsp3) is 0.440. The topological polar surface area (TPSA) is 58.6 Å². The molecule has 2 aromatic carbocycles. The van der Waals surface area contributed by atoms with Crippen LogP contribution >= 0.6 is 11.8 Å². The van der Waals surface area contributed by atoms with Crippen LogP contribution in [0.4, 0.5) is 0 Å². The Labute approximate surface area is 190 Å². The van der Waals surface area contributed by atoms with Gasteiger partial charge in [-0.05, 0) is 49.1 Å². The van der Waals surface area contributed by atoms with Crippen molar-refractivity contribution in [2.24, 2.45) is 5.92 Å². The standard InChI is InChI=1S/C25H34N2O3S/c1-6-23(25(29)26-15-18(2)3)27(16-20-8-7-9-21(14-20)30-5)24(28)17-31-22-12-10-19(4)11-13-22/h7-14,18,23H,6,15-17H2,1-5H3,(H,26,29). The predicted molar refractivity (Wildman–Crippen MR) is 127 cm³/mol. The van der Waals surface area contributed by atoms with Crippen molar-refractivity contribution in [2.45, 2.75) is 51.6 Å². The molecule has 1 atom stereocenters. The molecule has 0 fully saturated rings. The second-order valence-electron chi connectivity index (χ2n) is 8.04. The zero-order valence-electron chi connectivity index (χ0n) is 19.2. The molecule has 0 aliphatic heterocycles. The molecule has 0 aromatic heterocycles. The van der Waals surface area contributed by atoms with E-state index in [4.69, 9.17) is 4.74 Å².